The number of halogens is 1. The highest BCUT2D eigenvalue weighted by atomic mass is 32.2. The third-order valence-electron chi connectivity index (χ3n) is 2.46. The molecule has 0 spiro atoms. The van der Waals surface area contributed by atoms with E-state index in [0.717, 1.165) is 12.1 Å². The Bertz CT molecular complexity index is 748. The van der Waals surface area contributed by atoms with E-state index in [1.54, 1.807) is 0 Å². The largest absolute Gasteiger partial charge is 0.327 e. The number of H-pyrrole nitrogens is 1. The van der Waals surface area contributed by atoms with E-state index in [1.807, 2.05) is 0 Å². The van der Waals surface area contributed by atoms with Crippen molar-refractivity contribution in [1.82, 2.24) is 4.98 Å². The van der Waals surface area contributed by atoms with Crippen LogP contribution in [-0.2, 0) is 10.0 Å². The predicted molar refractivity (Wildman–Crippen MR) is 69.0 cm³/mol. The number of hydrogen-bond donors (Lipinski definition) is 2. The number of sulfonamides is 1. The lowest BCUT2D eigenvalue weighted by Gasteiger charge is -2.09. The van der Waals surface area contributed by atoms with Crippen molar-refractivity contribution in [1.29, 1.82) is 0 Å². The Balaban J connectivity index is 2.37. The Morgan fingerprint density at radius 2 is 1.95 bits per heavy atom. The maximum Gasteiger partial charge on any atom is 0.262 e. The SMILES string of the molecule is Cc1cc(F)ccc1S(=O)(=O)Nc1ccc(=O)[nH]c1. The number of nitrogens with one attached hydrogen (secondary N) is 2. The lowest BCUT2D eigenvalue weighted by atomic mass is 10.2. The average Bonchev–Trinajstić information content (AvgIpc) is 2.31. The Morgan fingerprint density at radius 3 is 2.53 bits per heavy atom. The second-order valence-electron chi connectivity index (χ2n) is 3.96. The van der Waals surface area contributed by atoms with E-state index in [9.17, 15) is 17.6 Å². The third-order valence-corrected chi connectivity index (χ3v) is 4.00. The molecule has 7 heteroatoms. The van der Waals surface area contributed by atoms with Gasteiger partial charge in [-0.1, -0.05) is 0 Å². The van der Waals surface area contributed by atoms with Crippen molar-refractivity contribution < 1.29 is 12.8 Å². The van der Waals surface area contributed by atoms with Gasteiger partial charge in [0, 0.05) is 12.3 Å². The summed E-state index contributed by atoms with van der Waals surface area (Å²) in [5.74, 6) is -0.500. The van der Waals surface area contributed by atoms with Crippen LogP contribution in [0.1, 0.15) is 5.56 Å². The quantitative estimate of drug-likeness (QED) is 0.898. The molecular formula is C12H11FN2O3S. The first kappa shape index (κ1) is 13.3. The van der Waals surface area contributed by atoms with Gasteiger partial charge in [-0.05, 0) is 36.8 Å². The van der Waals surface area contributed by atoms with Gasteiger partial charge in [0.05, 0.1) is 10.6 Å². The summed E-state index contributed by atoms with van der Waals surface area (Å²) in [7, 11) is -3.81. The fourth-order valence-corrected chi connectivity index (χ4v) is 2.88. The molecule has 0 aliphatic carbocycles. The van der Waals surface area contributed by atoms with Gasteiger partial charge in [0.2, 0.25) is 5.56 Å². The van der Waals surface area contributed by atoms with Gasteiger partial charge in [-0.25, -0.2) is 12.8 Å². The minimum atomic E-state index is -3.81. The molecule has 1 aromatic heterocycles. The standard InChI is InChI=1S/C12H11FN2O3S/c1-8-6-9(13)2-4-11(8)19(17,18)15-10-3-5-12(16)14-7-10/h2-7,15H,1H3,(H,14,16). The number of aryl methyl sites for hydroxylation is 1. The second-order valence-corrected chi connectivity index (χ2v) is 5.61. The van der Waals surface area contributed by atoms with Crippen LogP contribution in [0.25, 0.3) is 0 Å². The lowest BCUT2D eigenvalue weighted by Crippen LogP contribution is -2.15. The van der Waals surface area contributed by atoms with E-state index in [2.05, 4.69) is 9.71 Å². The average molecular weight is 282 g/mol. The zero-order valence-electron chi connectivity index (χ0n) is 9.98. The van der Waals surface area contributed by atoms with E-state index in [0.29, 0.717) is 5.56 Å². The van der Waals surface area contributed by atoms with Gasteiger partial charge in [-0.3, -0.25) is 9.52 Å². The van der Waals surface area contributed by atoms with Gasteiger partial charge in [-0.2, -0.15) is 0 Å². The summed E-state index contributed by atoms with van der Waals surface area (Å²) in [5.41, 5.74) is 0.196. The molecule has 0 amide bonds. The first-order valence-corrected chi connectivity index (χ1v) is 6.84. The smallest absolute Gasteiger partial charge is 0.262 e. The van der Waals surface area contributed by atoms with Gasteiger partial charge < -0.3 is 4.98 Å². The van der Waals surface area contributed by atoms with Crippen molar-refractivity contribution in [3.63, 3.8) is 0 Å². The molecule has 0 fully saturated rings. The fourth-order valence-electron chi connectivity index (χ4n) is 1.60. The van der Waals surface area contributed by atoms with E-state index in [1.165, 1.54) is 31.3 Å². The molecule has 1 aromatic carbocycles. The number of benzene rings is 1. The van der Waals surface area contributed by atoms with Crippen LogP contribution in [-0.4, -0.2) is 13.4 Å². The third kappa shape index (κ3) is 3.00. The Kier molecular flexibility index (Phi) is 3.39. The number of aromatic amines is 1. The highest BCUT2D eigenvalue weighted by Gasteiger charge is 2.17. The highest BCUT2D eigenvalue weighted by molar-refractivity contribution is 7.92. The Hall–Kier alpha value is -2.15. The van der Waals surface area contributed by atoms with Crippen LogP contribution < -0.4 is 10.3 Å². The molecule has 0 saturated heterocycles. The van der Waals surface area contributed by atoms with Crippen molar-refractivity contribution in [3.8, 4) is 0 Å². The zero-order chi connectivity index (χ0) is 14.0. The molecule has 1 heterocycles. The molecule has 100 valence electrons. The van der Waals surface area contributed by atoms with Gasteiger partial charge in [-0.15, -0.1) is 0 Å². The van der Waals surface area contributed by atoms with Crippen molar-refractivity contribution >= 4 is 15.7 Å². The van der Waals surface area contributed by atoms with Crippen LogP contribution in [0.2, 0.25) is 0 Å². The summed E-state index contributed by atoms with van der Waals surface area (Å²) in [6.07, 6.45) is 1.25. The van der Waals surface area contributed by atoms with E-state index in [-0.39, 0.29) is 16.1 Å². The second kappa shape index (κ2) is 4.85. The first-order chi connectivity index (χ1) is 8.88. The molecule has 0 aliphatic heterocycles. The maximum absolute atomic E-state index is 13.0. The molecule has 2 N–H and O–H groups in total. The molecule has 5 nitrogen and oxygen atoms in total. The molecule has 0 aliphatic rings. The van der Waals surface area contributed by atoms with E-state index < -0.39 is 15.8 Å². The number of hydrogen-bond acceptors (Lipinski definition) is 3. The number of anilines is 1. The van der Waals surface area contributed by atoms with E-state index in [4.69, 9.17) is 0 Å². The normalized spacial score (nSPS) is 11.3. The molecular weight excluding hydrogens is 271 g/mol. The highest BCUT2D eigenvalue weighted by Crippen LogP contribution is 2.19. The predicted octanol–water partition coefficient (Wildman–Crippen LogP) is 1.62. The number of rotatable bonds is 3. The number of pyridine rings is 1. The molecule has 19 heavy (non-hydrogen) atoms. The summed E-state index contributed by atoms with van der Waals surface area (Å²) in [4.78, 5) is 13.2. The van der Waals surface area contributed by atoms with Gasteiger partial charge in [0.1, 0.15) is 5.82 Å². The van der Waals surface area contributed by atoms with Crippen LogP contribution in [0.4, 0.5) is 10.1 Å². The molecule has 0 bridgehead atoms. The van der Waals surface area contributed by atoms with Crippen molar-refractivity contribution in [2.24, 2.45) is 0 Å². The van der Waals surface area contributed by atoms with Crippen molar-refractivity contribution in [3.05, 3.63) is 58.3 Å². The molecule has 0 atom stereocenters. The topological polar surface area (TPSA) is 79.0 Å². The molecule has 0 unspecified atom stereocenters. The summed E-state index contributed by atoms with van der Waals surface area (Å²) in [6.45, 7) is 1.50. The minimum Gasteiger partial charge on any atom is -0.327 e. The van der Waals surface area contributed by atoms with Crippen LogP contribution in [0.3, 0.4) is 0 Å². The summed E-state index contributed by atoms with van der Waals surface area (Å²) < 4.78 is 39.4. The van der Waals surface area contributed by atoms with Crippen LogP contribution >= 0.6 is 0 Å². The first-order valence-electron chi connectivity index (χ1n) is 5.36. The Morgan fingerprint density at radius 1 is 1.21 bits per heavy atom. The van der Waals surface area contributed by atoms with Crippen LogP contribution in [0.15, 0.2) is 46.2 Å². The molecule has 2 aromatic rings. The van der Waals surface area contributed by atoms with Gasteiger partial charge >= 0.3 is 0 Å². The van der Waals surface area contributed by atoms with Crippen molar-refractivity contribution in [2.75, 3.05) is 4.72 Å². The minimum absolute atomic E-state index is 0.0138. The molecule has 2 rings (SSSR count). The zero-order valence-corrected chi connectivity index (χ0v) is 10.8. The van der Waals surface area contributed by atoms with Gasteiger partial charge in [0.25, 0.3) is 10.0 Å². The summed E-state index contributed by atoms with van der Waals surface area (Å²) in [6, 6.07) is 5.96. The van der Waals surface area contributed by atoms with Crippen LogP contribution in [0.5, 0.6) is 0 Å². The lowest BCUT2D eigenvalue weighted by molar-refractivity contribution is 0.598. The monoisotopic (exact) mass is 282 g/mol. The van der Waals surface area contributed by atoms with Crippen molar-refractivity contribution in [2.45, 2.75) is 11.8 Å². The fraction of sp³-hybridized carbons (Fsp3) is 0.0833. The van der Waals surface area contributed by atoms with Gasteiger partial charge in [0.15, 0.2) is 0 Å². The Labute approximate surface area is 109 Å². The molecule has 0 radical (unpaired) electrons. The van der Waals surface area contributed by atoms with E-state index >= 15 is 0 Å². The molecule has 0 saturated carbocycles. The number of aromatic nitrogens is 1. The summed E-state index contributed by atoms with van der Waals surface area (Å²) in [5, 5.41) is 0. The maximum atomic E-state index is 13.0. The summed E-state index contributed by atoms with van der Waals surface area (Å²) >= 11 is 0. The van der Waals surface area contributed by atoms with Crippen LogP contribution in [0, 0.1) is 12.7 Å².